The lowest BCUT2D eigenvalue weighted by molar-refractivity contribution is -0.145. The number of phenols is 1. The first kappa shape index (κ1) is 60.4. The standard InChI is InChI=1S/C41H60N10O18S2/c1-18(53)32(41(68)69)50-38(65)27(17-71)49-37(64)26(15-52)48-34(61)22(9-11-30(56)57)44-39(66)28-3-2-12-51(28)40(67)23(8-10-29(43)55)45-35(62)24(13-19-4-6-20(54)7-5-19)47-36(63)25(14-31(58)59)46-33(60)21(42)16-70/h4-7,18,21-28,32,52-54,70-71H,2-3,8-17,42H2,1H3,(H2,43,55)(H,44,66)(H,45,62)(H,46,60)(H,47,63)(H,48,61)(H,49,64)(H,50,65)(H,56,57)(H,58,59)(H,68,69)/t18-,21+,22+,23-,24+,25+,26+,27-,28-,32+/m1/s1. The maximum atomic E-state index is 14.3. The van der Waals surface area contributed by atoms with Crippen molar-refractivity contribution in [2.45, 2.75) is 119 Å². The lowest BCUT2D eigenvalue weighted by Gasteiger charge is -2.31. The predicted octanol–water partition coefficient (Wildman–Crippen LogP) is -6.43. The maximum absolute atomic E-state index is 14.3. The predicted molar refractivity (Wildman–Crippen MR) is 250 cm³/mol. The van der Waals surface area contributed by atoms with Crippen LogP contribution in [0.1, 0.15) is 57.4 Å². The monoisotopic (exact) mass is 1040 g/mol. The number of primary amides is 1. The largest absolute Gasteiger partial charge is 0.508 e. The molecule has 30 heteroatoms. The number of hydrogen-bond donors (Lipinski definition) is 17. The molecule has 0 unspecified atom stereocenters. The summed E-state index contributed by atoms with van der Waals surface area (Å²) in [6, 6.07) is -9.37. The van der Waals surface area contributed by atoms with Crippen molar-refractivity contribution in [1.29, 1.82) is 0 Å². The van der Waals surface area contributed by atoms with E-state index in [1.807, 2.05) is 5.32 Å². The van der Waals surface area contributed by atoms with Crippen molar-refractivity contribution in [3.63, 3.8) is 0 Å². The van der Waals surface area contributed by atoms with Crippen LogP contribution in [0.2, 0.25) is 0 Å². The highest BCUT2D eigenvalue weighted by atomic mass is 32.1. The number of carbonyl (C=O) groups is 12. The smallest absolute Gasteiger partial charge is 0.328 e. The number of carbonyl (C=O) groups excluding carboxylic acids is 9. The number of rotatable bonds is 30. The van der Waals surface area contributed by atoms with Crippen molar-refractivity contribution in [3.8, 4) is 5.75 Å². The summed E-state index contributed by atoms with van der Waals surface area (Å²) < 4.78 is 0. The van der Waals surface area contributed by atoms with Crippen LogP contribution in [-0.4, -0.2) is 192 Å². The van der Waals surface area contributed by atoms with E-state index in [0.717, 1.165) is 11.8 Å². The number of nitrogens with one attached hydrogen (secondary N) is 7. The highest BCUT2D eigenvalue weighted by Gasteiger charge is 2.41. The van der Waals surface area contributed by atoms with E-state index in [0.29, 0.717) is 5.56 Å². The third-order valence-electron chi connectivity index (χ3n) is 10.6. The van der Waals surface area contributed by atoms with Gasteiger partial charge in [0, 0.05) is 37.3 Å². The highest BCUT2D eigenvalue weighted by molar-refractivity contribution is 7.80. The van der Waals surface area contributed by atoms with Crippen LogP contribution in [-0.2, 0) is 64.0 Å². The minimum atomic E-state index is -1.85. The summed E-state index contributed by atoms with van der Waals surface area (Å²) in [7, 11) is 0. The van der Waals surface area contributed by atoms with E-state index in [2.05, 4.69) is 57.2 Å². The molecule has 1 heterocycles. The van der Waals surface area contributed by atoms with E-state index in [4.69, 9.17) is 11.5 Å². The topological polar surface area (TPSA) is 466 Å². The SMILES string of the molecule is C[C@@H](O)[C@H](NC(=O)[C@@H](CS)NC(=O)[C@H](CO)NC(=O)[C@H](CCC(=O)O)NC(=O)[C@H]1CCCN1C(=O)[C@@H](CCC(N)=O)NC(=O)[C@H](Cc1ccc(O)cc1)NC(=O)[C@H](CC(=O)O)NC(=O)[C@@H](N)CS)C(=O)O. The fourth-order valence-corrected chi connectivity index (χ4v) is 7.22. The van der Waals surface area contributed by atoms with Crippen molar-refractivity contribution < 1.29 is 88.2 Å². The van der Waals surface area contributed by atoms with Gasteiger partial charge in [-0.25, -0.2) is 4.79 Å². The number of aliphatic hydroxyl groups excluding tert-OH is 2. The summed E-state index contributed by atoms with van der Waals surface area (Å²) in [6.07, 6.45) is -5.06. The Kier molecular flexibility index (Phi) is 25.0. The number of aliphatic hydroxyl groups is 2. The molecule has 394 valence electrons. The number of carboxylic acid groups (broad SMARTS) is 3. The Bertz CT molecular complexity index is 2120. The van der Waals surface area contributed by atoms with Gasteiger partial charge in [0.2, 0.25) is 53.2 Å². The van der Waals surface area contributed by atoms with Crippen LogP contribution in [0.5, 0.6) is 5.75 Å². The average molecular weight is 1050 g/mol. The fraction of sp³-hybridized carbons (Fsp3) is 0.561. The molecule has 0 spiro atoms. The quantitative estimate of drug-likeness (QED) is 0.0319. The number of thiol groups is 2. The number of aliphatic carboxylic acids is 3. The van der Waals surface area contributed by atoms with Crippen LogP contribution >= 0.6 is 25.3 Å². The Morgan fingerprint density at radius 3 is 1.73 bits per heavy atom. The molecular formula is C41H60N10O18S2. The number of hydrogen-bond acceptors (Lipinski definition) is 18. The van der Waals surface area contributed by atoms with Crippen LogP contribution in [0.4, 0.5) is 0 Å². The molecule has 0 saturated carbocycles. The minimum absolute atomic E-state index is 0.0545. The second kappa shape index (κ2) is 29.4. The van der Waals surface area contributed by atoms with Gasteiger partial charge in [-0.1, -0.05) is 12.1 Å². The normalized spacial score (nSPS) is 16.9. The van der Waals surface area contributed by atoms with Crippen molar-refractivity contribution in [1.82, 2.24) is 42.1 Å². The molecule has 1 aliphatic rings. The molecular weight excluding hydrogens is 985 g/mol. The molecule has 10 atom stereocenters. The van der Waals surface area contributed by atoms with Crippen LogP contribution in [0, 0.1) is 0 Å². The molecule has 1 saturated heterocycles. The summed E-state index contributed by atoms with van der Waals surface area (Å²) in [5, 5.41) is 73.4. The molecule has 1 aromatic rings. The van der Waals surface area contributed by atoms with Gasteiger partial charge in [0.15, 0.2) is 6.04 Å². The van der Waals surface area contributed by atoms with Gasteiger partial charge in [-0.3, -0.25) is 52.7 Å². The van der Waals surface area contributed by atoms with E-state index in [1.54, 1.807) is 0 Å². The molecule has 1 aromatic carbocycles. The number of carboxylic acids is 3. The Labute approximate surface area is 416 Å². The van der Waals surface area contributed by atoms with E-state index in [1.165, 1.54) is 24.3 Å². The van der Waals surface area contributed by atoms with Gasteiger partial charge in [0.05, 0.1) is 25.2 Å². The number of likely N-dealkylation sites (tertiary alicyclic amines) is 1. The number of amides is 9. The molecule has 71 heavy (non-hydrogen) atoms. The zero-order chi connectivity index (χ0) is 53.7. The average Bonchev–Trinajstić information content (AvgIpc) is 3.81. The number of phenolic OH excluding ortho intramolecular Hbond substituents is 1. The Morgan fingerprint density at radius 1 is 0.676 bits per heavy atom. The number of nitrogens with zero attached hydrogens (tertiary/aromatic N) is 1. The Morgan fingerprint density at radius 2 is 1.20 bits per heavy atom. The van der Waals surface area contributed by atoms with Gasteiger partial charge in [-0.2, -0.15) is 25.3 Å². The van der Waals surface area contributed by atoms with Crippen LogP contribution < -0.4 is 48.7 Å². The van der Waals surface area contributed by atoms with E-state index < -0.39 is 176 Å². The van der Waals surface area contributed by atoms with Crippen LogP contribution in [0.25, 0.3) is 0 Å². The molecule has 1 fully saturated rings. The molecule has 0 aromatic heterocycles. The van der Waals surface area contributed by atoms with Crippen molar-refractivity contribution >= 4 is 96.3 Å². The molecule has 1 aliphatic heterocycles. The molecule has 0 radical (unpaired) electrons. The first-order chi connectivity index (χ1) is 33.3. The van der Waals surface area contributed by atoms with Gasteiger partial charge in [0.1, 0.15) is 48.0 Å². The minimum Gasteiger partial charge on any atom is -0.508 e. The van der Waals surface area contributed by atoms with Gasteiger partial charge in [-0.05, 0) is 50.3 Å². The molecule has 0 aliphatic carbocycles. The van der Waals surface area contributed by atoms with Crippen molar-refractivity contribution in [3.05, 3.63) is 29.8 Å². The van der Waals surface area contributed by atoms with Crippen molar-refractivity contribution in [2.24, 2.45) is 11.5 Å². The van der Waals surface area contributed by atoms with E-state index in [-0.39, 0.29) is 37.3 Å². The van der Waals surface area contributed by atoms with Crippen LogP contribution in [0.3, 0.4) is 0 Å². The first-order valence-corrected chi connectivity index (χ1v) is 23.0. The molecule has 0 bridgehead atoms. The Balaban J connectivity index is 2.40. The zero-order valence-electron chi connectivity index (χ0n) is 38.1. The second-order valence-corrected chi connectivity index (χ2v) is 16.9. The van der Waals surface area contributed by atoms with Gasteiger partial charge < -0.3 is 84.2 Å². The van der Waals surface area contributed by atoms with E-state index >= 15 is 0 Å². The van der Waals surface area contributed by atoms with Crippen LogP contribution in [0.15, 0.2) is 24.3 Å². The summed E-state index contributed by atoms with van der Waals surface area (Å²) in [4.78, 5) is 155. The molecule has 28 nitrogen and oxygen atoms in total. The van der Waals surface area contributed by atoms with E-state index in [9.17, 15) is 88.2 Å². The highest BCUT2D eigenvalue weighted by Crippen LogP contribution is 2.21. The lowest BCUT2D eigenvalue weighted by Crippen LogP contribution is -2.61. The number of aromatic hydroxyl groups is 1. The summed E-state index contributed by atoms with van der Waals surface area (Å²) >= 11 is 7.89. The zero-order valence-corrected chi connectivity index (χ0v) is 39.9. The van der Waals surface area contributed by atoms with Crippen molar-refractivity contribution in [2.75, 3.05) is 24.7 Å². The number of nitrogens with two attached hydrogens (primary N) is 2. The molecule has 9 amide bonds. The Hall–Kier alpha value is -6.76. The molecule has 17 N–H and O–H groups in total. The maximum Gasteiger partial charge on any atom is 0.328 e. The second-order valence-electron chi connectivity index (χ2n) is 16.2. The van der Waals surface area contributed by atoms with Gasteiger partial charge >= 0.3 is 17.9 Å². The fourth-order valence-electron chi connectivity index (χ4n) is 6.79. The first-order valence-electron chi connectivity index (χ1n) is 21.8. The van der Waals surface area contributed by atoms with Gasteiger partial charge in [-0.15, -0.1) is 0 Å². The summed E-state index contributed by atoms with van der Waals surface area (Å²) in [6.45, 7) is -0.169. The molecule has 2 rings (SSSR count). The lowest BCUT2D eigenvalue weighted by atomic mass is 10.0. The summed E-state index contributed by atoms with van der Waals surface area (Å²) in [5.41, 5.74) is 11.4. The third-order valence-corrected chi connectivity index (χ3v) is 11.4. The third kappa shape index (κ3) is 19.9. The number of benzene rings is 1. The van der Waals surface area contributed by atoms with Gasteiger partial charge in [0.25, 0.3) is 0 Å². The summed E-state index contributed by atoms with van der Waals surface area (Å²) in [5.74, 6) is -14.9.